The summed E-state index contributed by atoms with van der Waals surface area (Å²) in [6.45, 7) is 0.427. The number of amides is 1. The normalized spacial score (nSPS) is 10.2. The summed E-state index contributed by atoms with van der Waals surface area (Å²) in [4.78, 5) is 11.8. The zero-order valence-electron chi connectivity index (χ0n) is 10.2. The number of nitrogens with one attached hydrogen (secondary N) is 1. The quantitative estimate of drug-likeness (QED) is 0.856. The van der Waals surface area contributed by atoms with Gasteiger partial charge in [-0.25, -0.2) is 4.39 Å². The van der Waals surface area contributed by atoms with E-state index in [4.69, 9.17) is 0 Å². The van der Waals surface area contributed by atoms with Crippen LogP contribution >= 0.6 is 15.9 Å². The van der Waals surface area contributed by atoms with Crippen LogP contribution in [0.4, 0.5) is 4.39 Å². The van der Waals surface area contributed by atoms with E-state index in [-0.39, 0.29) is 5.91 Å². The average Bonchev–Trinajstić information content (AvgIpc) is 2.45. The highest BCUT2D eigenvalue weighted by Gasteiger charge is 2.06. The number of carbonyl (C=O) groups excluding carboxylic acids is 1. The molecule has 0 aromatic heterocycles. The van der Waals surface area contributed by atoms with Crippen LogP contribution in [-0.4, -0.2) is 5.91 Å². The summed E-state index contributed by atoms with van der Waals surface area (Å²) in [7, 11) is 0. The van der Waals surface area contributed by atoms with Crippen molar-refractivity contribution in [2.45, 2.75) is 11.9 Å². The van der Waals surface area contributed by atoms with Crippen molar-refractivity contribution in [3.8, 4) is 0 Å². The monoisotopic (exact) mass is 321 g/mol. The smallest absolute Gasteiger partial charge is 0.251 e. The molecule has 1 N–H and O–H groups in total. The van der Waals surface area contributed by atoms with E-state index in [0.29, 0.717) is 12.1 Å². The van der Waals surface area contributed by atoms with E-state index in [9.17, 15) is 9.18 Å². The maximum absolute atomic E-state index is 13.0. The van der Waals surface area contributed by atoms with Crippen molar-refractivity contribution in [2.75, 3.05) is 0 Å². The molecule has 0 heterocycles. The highest BCUT2D eigenvalue weighted by atomic mass is 79.9. The number of halogens is 2. The Balaban J connectivity index is 2.00. The summed E-state index contributed by atoms with van der Waals surface area (Å²) in [6.07, 6.45) is 0. The standard InChI is InChI=1S/C15H13BrFNO/c16-9-11-3-1-4-12(7-11)10-18-15(19)13-5-2-6-14(17)8-13/h1-8H,9-10H2,(H,18,19). The lowest BCUT2D eigenvalue weighted by atomic mass is 10.1. The minimum atomic E-state index is -0.408. The van der Waals surface area contributed by atoms with Gasteiger partial charge >= 0.3 is 0 Å². The van der Waals surface area contributed by atoms with E-state index in [0.717, 1.165) is 16.5 Å². The molecule has 0 atom stereocenters. The molecule has 0 aliphatic carbocycles. The largest absolute Gasteiger partial charge is 0.348 e. The Bertz CT molecular complexity index is 586. The van der Waals surface area contributed by atoms with Gasteiger partial charge in [0.25, 0.3) is 5.91 Å². The summed E-state index contributed by atoms with van der Waals surface area (Å²) in [5, 5.41) is 3.55. The van der Waals surface area contributed by atoms with Crippen molar-refractivity contribution in [3.05, 3.63) is 71.0 Å². The van der Waals surface area contributed by atoms with Gasteiger partial charge in [-0.2, -0.15) is 0 Å². The Kier molecular flexibility index (Phi) is 4.68. The van der Waals surface area contributed by atoms with Crippen molar-refractivity contribution >= 4 is 21.8 Å². The summed E-state index contributed by atoms with van der Waals surface area (Å²) < 4.78 is 13.0. The number of hydrogen-bond donors (Lipinski definition) is 1. The summed E-state index contributed by atoms with van der Waals surface area (Å²) in [5.74, 6) is -0.683. The second-order valence-corrected chi connectivity index (χ2v) is 4.71. The number of hydrogen-bond acceptors (Lipinski definition) is 1. The van der Waals surface area contributed by atoms with E-state index in [2.05, 4.69) is 21.2 Å². The SMILES string of the molecule is O=C(NCc1cccc(CBr)c1)c1cccc(F)c1. The molecule has 4 heteroatoms. The topological polar surface area (TPSA) is 29.1 Å². The molecule has 0 bridgehead atoms. The fourth-order valence-corrected chi connectivity index (χ4v) is 2.09. The van der Waals surface area contributed by atoms with Gasteiger partial charge in [0, 0.05) is 17.4 Å². The second-order valence-electron chi connectivity index (χ2n) is 4.15. The van der Waals surface area contributed by atoms with Crippen LogP contribution in [0, 0.1) is 5.82 Å². The lowest BCUT2D eigenvalue weighted by molar-refractivity contribution is 0.0950. The van der Waals surface area contributed by atoms with Crippen molar-refractivity contribution < 1.29 is 9.18 Å². The third-order valence-corrected chi connectivity index (χ3v) is 3.33. The lowest BCUT2D eigenvalue weighted by Gasteiger charge is -2.06. The molecule has 0 aliphatic heterocycles. The average molecular weight is 322 g/mol. The highest BCUT2D eigenvalue weighted by Crippen LogP contribution is 2.09. The highest BCUT2D eigenvalue weighted by molar-refractivity contribution is 9.08. The molecule has 2 aromatic carbocycles. The van der Waals surface area contributed by atoms with E-state index in [1.54, 1.807) is 6.07 Å². The molecule has 0 saturated heterocycles. The molecule has 2 rings (SSSR count). The maximum Gasteiger partial charge on any atom is 0.251 e. The van der Waals surface area contributed by atoms with Crippen molar-refractivity contribution in [3.63, 3.8) is 0 Å². The Morgan fingerprint density at radius 2 is 1.84 bits per heavy atom. The molecule has 0 unspecified atom stereocenters. The van der Waals surface area contributed by atoms with Crippen LogP contribution in [-0.2, 0) is 11.9 Å². The first-order valence-corrected chi connectivity index (χ1v) is 6.99. The van der Waals surface area contributed by atoms with Gasteiger partial charge in [-0.1, -0.05) is 46.3 Å². The summed E-state index contributed by atoms with van der Waals surface area (Å²) >= 11 is 3.39. The fraction of sp³-hybridized carbons (Fsp3) is 0.133. The van der Waals surface area contributed by atoms with E-state index >= 15 is 0 Å². The number of alkyl halides is 1. The molecule has 98 valence electrons. The molecule has 0 spiro atoms. The molecule has 0 aliphatic rings. The van der Waals surface area contributed by atoms with Crippen molar-refractivity contribution in [1.82, 2.24) is 5.32 Å². The first-order chi connectivity index (χ1) is 9.19. The lowest BCUT2D eigenvalue weighted by Crippen LogP contribution is -2.22. The Morgan fingerprint density at radius 1 is 1.11 bits per heavy atom. The van der Waals surface area contributed by atoms with Crippen LogP contribution in [0.2, 0.25) is 0 Å². The summed E-state index contributed by atoms with van der Waals surface area (Å²) in [6, 6.07) is 13.6. The molecule has 0 fully saturated rings. The van der Waals surface area contributed by atoms with Gasteiger partial charge in [0.1, 0.15) is 5.82 Å². The molecule has 0 radical (unpaired) electrons. The third-order valence-electron chi connectivity index (χ3n) is 2.69. The molecular weight excluding hydrogens is 309 g/mol. The Hall–Kier alpha value is -1.68. The minimum Gasteiger partial charge on any atom is -0.348 e. The van der Waals surface area contributed by atoms with Crippen LogP contribution in [0.5, 0.6) is 0 Å². The fourth-order valence-electron chi connectivity index (χ4n) is 1.74. The minimum absolute atomic E-state index is 0.274. The van der Waals surface area contributed by atoms with Crippen LogP contribution in [0.15, 0.2) is 48.5 Å². The van der Waals surface area contributed by atoms with Gasteiger partial charge in [-0.05, 0) is 29.3 Å². The Labute approximate surface area is 119 Å². The van der Waals surface area contributed by atoms with Crippen molar-refractivity contribution in [1.29, 1.82) is 0 Å². The molecule has 2 nitrogen and oxygen atoms in total. The summed E-state index contributed by atoms with van der Waals surface area (Å²) in [5.41, 5.74) is 2.50. The molecule has 1 amide bonds. The van der Waals surface area contributed by atoms with Gasteiger partial charge in [0.05, 0.1) is 0 Å². The predicted molar refractivity (Wildman–Crippen MR) is 76.6 cm³/mol. The van der Waals surface area contributed by atoms with Crippen LogP contribution in [0.3, 0.4) is 0 Å². The number of rotatable bonds is 4. The van der Waals surface area contributed by atoms with E-state index < -0.39 is 5.82 Å². The van der Waals surface area contributed by atoms with Crippen LogP contribution < -0.4 is 5.32 Å². The second kappa shape index (κ2) is 6.48. The number of carbonyl (C=O) groups is 1. The van der Waals surface area contributed by atoms with Gasteiger partial charge < -0.3 is 5.32 Å². The van der Waals surface area contributed by atoms with Gasteiger partial charge in [-0.3, -0.25) is 4.79 Å². The first kappa shape index (κ1) is 13.7. The molecule has 2 aromatic rings. The maximum atomic E-state index is 13.0. The van der Waals surface area contributed by atoms with E-state index in [1.807, 2.05) is 24.3 Å². The zero-order valence-corrected chi connectivity index (χ0v) is 11.8. The third kappa shape index (κ3) is 3.89. The Morgan fingerprint density at radius 3 is 2.58 bits per heavy atom. The van der Waals surface area contributed by atoms with Crippen LogP contribution in [0.1, 0.15) is 21.5 Å². The zero-order chi connectivity index (χ0) is 13.7. The van der Waals surface area contributed by atoms with Gasteiger partial charge in [0.15, 0.2) is 0 Å². The predicted octanol–water partition coefficient (Wildman–Crippen LogP) is 3.65. The number of benzene rings is 2. The van der Waals surface area contributed by atoms with E-state index in [1.165, 1.54) is 18.2 Å². The van der Waals surface area contributed by atoms with Crippen LogP contribution in [0.25, 0.3) is 0 Å². The first-order valence-electron chi connectivity index (χ1n) is 5.86. The molecule has 0 saturated carbocycles. The molecule has 19 heavy (non-hydrogen) atoms. The van der Waals surface area contributed by atoms with Gasteiger partial charge in [-0.15, -0.1) is 0 Å². The van der Waals surface area contributed by atoms with Gasteiger partial charge in [0.2, 0.25) is 0 Å². The molecular formula is C15H13BrFNO. The van der Waals surface area contributed by atoms with Crippen molar-refractivity contribution in [2.24, 2.45) is 0 Å².